The molecule has 1 amide bonds. The average Bonchev–Trinajstić information content (AvgIpc) is 3.07. The van der Waals surface area contributed by atoms with E-state index in [4.69, 9.17) is 5.26 Å². The maximum atomic E-state index is 13.6. The van der Waals surface area contributed by atoms with Gasteiger partial charge in [0.25, 0.3) is 0 Å². The zero-order valence-electron chi connectivity index (χ0n) is 9.27. The van der Waals surface area contributed by atoms with Crippen molar-refractivity contribution in [3.63, 3.8) is 0 Å². The Morgan fingerprint density at radius 3 is 2.56 bits per heavy atom. The van der Waals surface area contributed by atoms with Crippen molar-refractivity contribution in [3.8, 4) is 6.07 Å². The highest BCUT2D eigenvalue weighted by Crippen LogP contribution is 2.46. The highest BCUT2D eigenvalue weighted by Gasteiger charge is 2.48. The minimum atomic E-state index is -1.55. The largest absolute Gasteiger partial charge is 0.346 e. The zero-order chi connectivity index (χ0) is 13.3. The molecule has 0 saturated heterocycles. The van der Waals surface area contributed by atoms with Gasteiger partial charge in [0.05, 0.1) is 11.6 Å². The number of hydrogen-bond donors (Lipinski definition) is 1. The molecule has 1 N–H and O–H groups in total. The van der Waals surface area contributed by atoms with E-state index in [-0.39, 0.29) is 12.0 Å². The van der Waals surface area contributed by atoms with Crippen LogP contribution in [0.2, 0.25) is 0 Å². The Bertz CT molecular complexity index is 547. The molecule has 1 fully saturated rings. The lowest BCUT2D eigenvalue weighted by Crippen LogP contribution is -2.35. The van der Waals surface area contributed by atoms with Crippen molar-refractivity contribution < 1.29 is 18.0 Å². The molecule has 0 radical (unpaired) electrons. The molecule has 0 unspecified atom stereocenters. The number of nitriles is 1. The lowest BCUT2D eigenvalue weighted by Gasteiger charge is -2.18. The first-order chi connectivity index (χ1) is 8.50. The molecule has 0 atom stereocenters. The fraction of sp³-hybridized carbons (Fsp3) is 0.333. The summed E-state index contributed by atoms with van der Waals surface area (Å²) < 4.78 is 39.5. The summed E-state index contributed by atoms with van der Waals surface area (Å²) >= 11 is 0. The van der Waals surface area contributed by atoms with Crippen LogP contribution in [0.5, 0.6) is 0 Å². The quantitative estimate of drug-likeness (QED) is 0.840. The van der Waals surface area contributed by atoms with Gasteiger partial charge in [-0.05, 0) is 18.9 Å². The van der Waals surface area contributed by atoms with Gasteiger partial charge in [-0.3, -0.25) is 4.79 Å². The normalized spacial score (nSPS) is 15.9. The molecule has 0 heterocycles. The number of rotatable bonds is 3. The highest BCUT2D eigenvalue weighted by atomic mass is 19.2. The molecular weight excluding hydrogens is 245 g/mol. The second-order valence-electron chi connectivity index (χ2n) is 4.19. The van der Waals surface area contributed by atoms with Gasteiger partial charge in [0.1, 0.15) is 6.42 Å². The molecule has 0 aromatic heterocycles. The molecule has 94 valence electrons. The summed E-state index contributed by atoms with van der Waals surface area (Å²) in [6.07, 6.45) is 0.519. The maximum Gasteiger partial charge on any atom is 0.234 e. The first-order valence-corrected chi connectivity index (χ1v) is 5.32. The van der Waals surface area contributed by atoms with Crippen molar-refractivity contribution in [2.45, 2.75) is 24.8 Å². The Morgan fingerprint density at radius 1 is 1.33 bits per heavy atom. The first kappa shape index (κ1) is 12.4. The number of nitrogens with one attached hydrogen (secondary N) is 1. The molecular formula is C12H9F3N2O. The van der Waals surface area contributed by atoms with E-state index in [0.29, 0.717) is 12.8 Å². The summed E-state index contributed by atoms with van der Waals surface area (Å²) in [5, 5.41) is 10.8. The molecule has 3 nitrogen and oxygen atoms in total. The van der Waals surface area contributed by atoms with Gasteiger partial charge in [-0.25, -0.2) is 13.2 Å². The molecule has 1 aliphatic carbocycles. The monoisotopic (exact) mass is 254 g/mol. The molecule has 0 spiro atoms. The second-order valence-corrected chi connectivity index (χ2v) is 4.19. The van der Waals surface area contributed by atoms with Crippen LogP contribution in [0.3, 0.4) is 0 Å². The van der Waals surface area contributed by atoms with Crippen LogP contribution in [0.1, 0.15) is 24.8 Å². The minimum absolute atomic E-state index is 0.0762. The van der Waals surface area contributed by atoms with E-state index >= 15 is 0 Å². The lowest BCUT2D eigenvalue weighted by atomic mass is 10.0. The van der Waals surface area contributed by atoms with Crippen molar-refractivity contribution in [2.24, 2.45) is 0 Å². The molecule has 6 heteroatoms. The van der Waals surface area contributed by atoms with Gasteiger partial charge in [0.2, 0.25) is 5.91 Å². The van der Waals surface area contributed by atoms with Gasteiger partial charge in [-0.2, -0.15) is 5.26 Å². The van der Waals surface area contributed by atoms with Crippen LogP contribution in [0.25, 0.3) is 0 Å². The molecule has 1 aromatic carbocycles. The summed E-state index contributed by atoms with van der Waals surface area (Å²) in [4.78, 5) is 11.3. The van der Waals surface area contributed by atoms with E-state index in [2.05, 4.69) is 5.32 Å². The van der Waals surface area contributed by atoms with Crippen LogP contribution in [-0.2, 0) is 10.3 Å². The van der Waals surface area contributed by atoms with Crippen LogP contribution in [-0.4, -0.2) is 5.91 Å². The number of nitrogens with zero attached hydrogens (tertiary/aromatic N) is 1. The summed E-state index contributed by atoms with van der Waals surface area (Å²) in [6, 6.07) is 3.61. The topological polar surface area (TPSA) is 52.9 Å². The van der Waals surface area contributed by atoms with Crippen molar-refractivity contribution >= 4 is 5.91 Å². The highest BCUT2D eigenvalue weighted by molar-refractivity contribution is 5.79. The number of carbonyl (C=O) groups excluding carboxylic acids is 1. The van der Waals surface area contributed by atoms with Crippen molar-refractivity contribution in [3.05, 3.63) is 35.1 Å². The van der Waals surface area contributed by atoms with Crippen LogP contribution >= 0.6 is 0 Å². The van der Waals surface area contributed by atoms with Crippen LogP contribution in [0.15, 0.2) is 12.1 Å². The van der Waals surface area contributed by atoms with E-state index in [0.717, 1.165) is 12.1 Å². The van der Waals surface area contributed by atoms with Crippen LogP contribution in [0, 0.1) is 28.8 Å². The van der Waals surface area contributed by atoms with Crippen molar-refractivity contribution in [1.82, 2.24) is 5.32 Å². The Hall–Kier alpha value is -2.03. The van der Waals surface area contributed by atoms with E-state index in [1.165, 1.54) is 0 Å². The standard InChI is InChI=1S/C12H9F3N2O/c13-8-2-1-7(10(14)11(8)15)12(4-5-12)17-9(18)3-6-16/h1-2H,3-5H2,(H,17,18). The van der Waals surface area contributed by atoms with Gasteiger partial charge in [-0.15, -0.1) is 0 Å². The summed E-state index contributed by atoms with van der Waals surface area (Å²) in [6.45, 7) is 0. The minimum Gasteiger partial charge on any atom is -0.346 e. The number of hydrogen-bond acceptors (Lipinski definition) is 2. The van der Waals surface area contributed by atoms with Crippen molar-refractivity contribution in [1.29, 1.82) is 5.26 Å². The van der Waals surface area contributed by atoms with E-state index in [9.17, 15) is 18.0 Å². The maximum absolute atomic E-state index is 13.6. The fourth-order valence-electron chi connectivity index (χ4n) is 1.87. The Morgan fingerprint density at radius 2 is 2.00 bits per heavy atom. The van der Waals surface area contributed by atoms with E-state index < -0.39 is 28.9 Å². The second kappa shape index (κ2) is 4.33. The third-order valence-corrected chi connectivity index (χ3v) is 2.92. The SMILES string of the molecule is N#CCC(=O)NC1(c2ccc(F)c(F)c2F)CC1. The zero-order valence-corrected chi connectivity index (χ0v) is 9.27. The number of benzene rings is 1. The Kier molecular flexibility index (Phi) is 2.99. The number of amides is 1. The molecule has 0 bridgehead atoms. The predicted octanol–water partition coefficient (Wildman–Crippen LogP) is 2.12. The summed E-state index contributed by atoms with van der Waals surface area (Å²) in [5.41, 5.74) is -1.07. The Balaban J connectivity index is 2.29. The summed E-state index contributed by atoms with van der Waals surface area (Å²) in [5.74, 6) is -4.66. The van der Waals surface area contributed by atoms with E-state index in [1.807, 2.05) is 0 Å². The van der Waals surface area contributed by atoms with E-state index in [1.54, 1.807) is 6.07 Å². The Labute approximate surface area is 101 Å². The molecule has 2 rings (SSSR count). The van der Waals surface area contributed by atoms with Crippen LogP contribution < -0.4 is 5.32 Å². The lowest BCUT2D eigenvalue weighted by molar-refractivity contribution is -0.121. The molecule has 1 aromatic rings. The average molecular weight is 254 g/mol. The third kappa shape index (κ3) is 2.04. The smallest absolute Gasteiger partial charge is 0.234 e. The fourth-order valence-corrected chi connectivity index (χ4v) is 1.87. The number of carbonyl (C=O) groups is 1. The van der Waals surface area contributed by atoms with Gasteiger partial charge in [0, 0.05) is 5.56 Å². The van der Waals surface area contributed by atoms with Crippen LogP contribution in [0.4, 0.5) is 13.2 Å². The molecule has 0 aliphatic heterocycles. The third-order valence-electron chi connectivity index (χ3n) is 2.92. The predicted molar refractivity (Wildman–Crippen MR) is 55.6 cm³/mol. The first-order valence-electron chi connectivity index (χ1n) is 5.32. The van der Waals surface area contributed by atoms with Crippen molar-refractivity contribution in [2.75, 3.05) is 0 Å². The molecule has 1 saturated carbocycles. The molecule has 18 heavy (non-hydrogen) atoms. The number of halogens is 3. The van der Waals surface area contributed by atoms with Gasteiger partial charge in [-0.1, -0.05) is 6.07 Å². The molecule has 1 aliphatic rings. The van der Waals surface area contributed by atoms with Gasteiger partial charge < -0.3 is 5.32 Å². The van der Waals surface area contributed by atoms with Gasteiger partial charge in [0.15, 0.2) is 17.5 Å². The summed E-state index contributed by atoms with van der Waals surface area (Å²) in [7, 11) is 0. The van der Waals surface area contributed by atoms with Gasteiger partial charge >= 0.3 is 0 Å².